The highest BCUT2D eigenvalue weighted by Gasteiger charge is 2.58. The second-order valence-corrected chi connectivity index (χ2v) is 12.7. The molecule has 0 aliphatic carbocycles. The fourth-order valence-corrected chi connectivity index (χ4v) is 7.12. The third kappa shape index (κ3) is 4.50. The molecule has 2 bridgehead atoms. The Kier molecular flexibility index (Phi) is 6.94. The van der Waals surface area contributed by atoms with Crippen LogP contribution in [0.4, 0.5) is 20.3 Å². The van der Waals surface area contributed by atoms with Crippen LogP contribution in [0.1, 0.15) is 50.8 Å². The molecule has 232 valence electrons. The van der Waals surface area contributed by atoms with E-state index in [9.17, 15) is 9.59 Å². The summed E-state index contributed by atoms with van der Waals surface area (Å²) in [7, 11) is 0. The molecular weight excluding hydrogens is 576 g/mol. The Labute approximate surface area is 259 Å². The maximum Gasteiger partial charge on any atom is 0.355 e. The van der Waals surface area contributed by atoms with Crippen molar-refractivity contribution in [1.82, 2.24) is 24.4 Å². The van der Waals surface area contributed by atoms with E-state index >= 15 is 8.78 Å². The number of benzene rings is 1. The number of rotatable bonds is 3. The molecule has 1 N–H and O–H groups in total. The van der Waals surface area contributed by atoms with Gasteiger partial charge in [0.1, 0.15) is 17.3 Å². The topological polar surface area (TPSA) is 96.3 Å². The van der Waals surface area contributed by atoms with Crippen LogP contribution in [0.25, 0.3) is 28.0 Å². The number of aromatic nitrogens is 4. The van der Waals surface area contributed by atoms with E-state index < -0.39 is 17.3 Å². The van der Waals surface area contributed by atoms with Gasteiger partial charge in [-0.3, -0.25) is 9.78 Å². The molecule has 11 heteroatoms. The van der Waals surface area contributed by atoms with Crippen molar-refractivity contribution in [3.05, 3.63) is 82.6 Å². The Morgan fingerprint density at radius 1 is 1.13 bits per heavy atom. The van der Waals surface area contributed by atoms with Crippen LogP contribution >= 0.6 is 0 Å². The number of carbonyl (C=O) groups excluding carboxylic acids is 1. The van der Waals surface area contributed by atoms with Crippen molar-refractivity contribution in [3.8, 4) is 16.9 Å². The first-order valence-electron chi connectivity index (χ1n) is 15.5. The van der Waals surface area contributed by atoms with Crippen LogP contribution in [0.3, 0.4) is 0 Å². The number of anilines is 2. The number of amides is 1. The van der Waals surface area contributed by atoms with Gasteiger partial charge in [-0.2, -0.15) is 4.98 Å². The molecule has 9 nitrogen and oxygen atoms in total. The van der Waals surface area contributed by atoms with Gasteiger partial charge in [0, 0.05) is 49.5 Å². The third-order valence-corrected chi connectivity index (χ3v) is 9.66. The lowest BCUT2D eigenvalue weighted by Gasteiger charge is -2.65. The van der Waals surface area contributed by atoms with Gasteiger partial charge in [-0.1, -0.05) is 26.5 Å². The van der Waals surface area contributed by atoms with Crippen molar-refractivity contribution in [3.63, 3.8) is 0 Å². The summed E-state index contributed by atoms with van der Waals surface area (Å²) in [5.41, 5.74) is 1.96. The first-order valence-corrected chi connectivity index (χ1v) is 15.5. The number of nitrogens with zero attached hydrogens (tertiary/aromatic N) is 6. The number of likely N-dealkylation sites (tertiary alicyclic amines) is 1. The predicted molar refractivity (Wildman–Crippen MR) is 170 cm³/mol. The van der Waals surface area contributed by atoms with E-state index in [2.05, 4.69) is 21.9 Å². The third-order valence-electron chi connectivity index (χ3n) is 9.66. The molecular formula is C34H35F2N7O2. The van der Waals surface area contributed by atoms with E-state index in [4.69, 9.17) is 4.98 Å². The molecule has 3 aliphatic heterocycles. The minimum atomic E-state index is -0.719. The summed E-state index contributed by atoms with van der Waals surface area (Å²) in [6, 6.07) is 7.74. The van der Waals surface area contributed by atoms with Gasteiger partial charge < -0.3 is 15.1 Å². The van der Waals surface area contributed by atoms with E-state index in [1.54, 1.807) is 23.2 Å². The summed E-state index contributed by atoms with van der Waals surface area (Å²) < 4.78 is 33.2. The summed E-state index contributed by atoms with van der Waals surface area (Å²) >= 11 is 0. The lowest BCUT2D eigenvalue weighted by atomic mass is 9.66. The first kappa shape index (κ1) is 29.1. The minimum Gasteiger partial charge on any atom is -0.384 e. The number of hydrogen-bond donors (Lipinski definition) is 1. The summed E-state index contributed by atoms with van der Waals surface area (Å²) in [5.74, 6) is -1.16. The molecule has 3 aliphatic rings. The normalized spacial score (nSPS) is 18.7. The average Bonchev–Trinajstić information content (AvgIpc) is 3.00. The maximum absolute atomic E-state index is 16.2. The zero-order valence-corrected chi connectivity index (χ0v) is 25.6. The van der Waals surface area contributed by atoms with E-state index in [0.717, 1.165) is 18.4 Å². The molecule has 3 aromatic heterocycles. The second kappa shape index (κ2) is 10.7. The van der Waals surface area contributed by atoms with E-state index in [0.29, 0.717) is 60.9 Å². The van der Waals surface area contributed by atoms with Gasteiger partial charge in [0.15, 0.2) is 11.5 Å². The average molecular weight is 612 g/mol. The monoisotopic (exact) mass is 611 g/mol. The second-order valence-electron chi connectivity index (χ2n) is 12.7. The molecule has 0 saturated carbocycles. The highest BCUT2D eigenvalue weighted by atomic mass is 19.1. The minimum absolute atomic E-state index is 0.0155. The molecule has 1 spiro atoms. The molecule has 45 heavy (non-hydrogen) atoms. The van der Waals surface area contributed by atoms with Gasteiger partial charge in [0.25, 0.3) is 0 Å². The van der Waals surface area contributed by atoms with Crippen LogP contribution in [0.2, 0.25) is 0 Å². The predicted octanol–water partition coefficient (Wildman–Crippen LogP) is 5.22. The molecule has 0 radical (unpaired) electrons. The fourth-order valence-electron chi connectivity index (χ4n) is 7.12. The van der Waals surface area contributed by atoms with E-state index in [-0.39, 0.29) is 40.2 Å². The lowest BCUT2D eigenvalue weighted by molar-refractivity contribution is -0.142. The highest BCUT2D eigenvalue weighted by molar-refractivity contribution is 5.92. The van der Waals surface area contributed by atoms with Crippen LogP contribution in [-0.2, 0) is 11.2 Å². The SMILES string of the molecule is C=CC(=O)N1CC2(C1)CN(c1nc(=O)n3c4nc(c(F)cc14)-c1c(F)cccc1NCCCCc1ccnc(C(C)C)c1-3)C2C. The van der Waals surface area contributed by atoms with Crippen molar-refractivity contribution >= 4 is 28.4 Å². The number of pyridine rings is 2. The van der Waals surface area contributed by atoms with Gasteiger partial charge in [-0.15, -0.1) is 0 Å². The van der Waals surface area contributed by atoms with E-state index in [1.807, 2.05) is 31.7 Å². The van der Waals surface area contributed by atoms with Crippen molar-refractivity contribution in [2.75, 3.05) is 36.4 Å². The van der Waals surface area contributed by atoms with Gasteiger partial charge >= 0.3 is 5.69 Å². The van der Waals surface area contributed by atoms with Crippen molar-refractivity contribution in [2.24, 2.45) is 5.41 Å². The zero-order chi connectivity index (χ0) is 31.6. The quantitative estimate of drug-likeness (QED) is 0.318. The number of hydrogen-bond acceptors (Lipinski definition) is 7. The van der Waals surface area contributed by atoms with Gasteiger partial charge in [-0.05, 0) is 68.0 Å². The Morgan fingerprint density at radius 3 is 2.67 bits per heavy atom. The largest absolute Gasteiger partial charge is 0.384 e. The number of fused-ring (bicyclic) bond motifs is 5. The van der Waals surface area contributed by atoms with Crippen LogP contribution in [-0.4, -0.2) is 62.5 Å². The Bertz CT molecular complexity index is 1930. The van der Waals surface area contributed by atoms with Gasteiger partial charge in [-0.25, -0.2) is 23.1 Å². The van der Waals surface area contributed by atoms with Crippen LogP contribution in [0, 0.1) is 17.0 Å². The molecule has 1 atom stereocenters. The number of aryl methyl sites for hydroxylation is 1. The maximum atomic E-state index is 16.2. The van der Waals surface area contributed by atoms with Crippen LogP contribution in [0.15, 0.2) is 54.0 Å². The molecule has 7 rings (SSSR count). The zero-order valence-electron chi connectivity index (χ0n) is 25.6. The van der Waals surface area contributed by atoms with Crippen molar-refractivity contribution < 1.29 is 13.6 Å². The molecule has 1 amide bonds. The lowest BCUT2D eigenvalue weighted by Crippen LogP contribution is -2.77. The first-order chi connectivity index (χ1) is 21.6. The standard InChI is InChI=1S/C34H35F2N7O2/c1-5-26(44)41-16-34(17-41)18-42(20(34)4)31-22-15-24(36)29-27-23(35)10-8-11-25(27)37-13-7-6-9-21-12-14-38-28(19(2)3)30(21)43(32(22)39-29)33(45)40-31/h5,8,10-12,14-15,19-20,37H,1,6-7,9,13,16-18H2,2-4H3. The summed E-state index contributed by atoms with van der Waals surface area (Å²) in [5, 5.41) is 3.63. The van der Waals surface area contributed by atoms with Crippen LogP contribution < -0.4 is 15.9 Å². The molecule has 6 heterocycles. The number of halogens is 2. The summed E-state index contributed by atoms with van der Waals surface area (Å²) in [6.07, 6.45) is 5.31. The van der Waals surface area contributed by atoms with Crippen molar-refractivity contribution in [1.29, 1.82) is 0 Å². The van der Waals surface area contributed by atoms with Gasteiger partial charge in [0.05, 0.1) is 22.3 Å². The molecule has 2 fully saturated rings. The molecule has 1 unspecified atom stereocenters. The van der Waals surface area contributed by atoms with Crippen LogP contribution in [0.5, 0.6) is 0 Å². The van der Waals surface area contributed by atoms with E-state index in [1.165, 1.54) is 22.8 Å². The van der Waals surface area contributed by atoms with Gasteiger partial charge in [0.2, 0.25) is 5.91 Å². The molecule has 1 aromatic carbocycles. The fraction of sp³-hybridized carbons (Fsp3) is 0.382. The van der Waals surface area contributed by atoms with Crippen molar-refractivity contribution in [2.45, 2.75) is 52.0 Å². The molecule has 4 aromatic rings. The molecule has 2 saturated heterocycles. The summed E-state index contributed by atoms with van der Waals surface area (Å²) in [6.45, 7) is 11.9. The number of nitrogens with one attached hydrogen (secondary N) is 1. The smallest absolute Gasteiger partial charge is 0.355 e. The summed E-state index contributed by atoms with van der Waals surface area (Å²) in [4.78, 5) is 44.1. The highest BCUT2D eigenvalue weighted by Crippen LogP contribution is 2.48. The number of carbonyl (C=O) groups is 1. The Hall–Kier alpha value is -4.67. The Balaban J connectivity index is 1.48. The Morgan fingerprint density at radius 2 is 1.93 bits per heavy atom.